The highest BCUT2D eigenvalue weighted by atomic mass is 32.1. The first-order valence-electron chi connectivity index (χ1n) is 4.80. The summed E-state index contributed by atoms with van der Waals surface area (Å²) in [6.07, 6.45) is 0.179. The van der Waals surface area contributed by atoms with Gasteiger partial charge in [-0.1, -0.05) is 30.3 Å². The summed E-state index contributed by atoms with van der Waals surface area (Å²) in [4.78, 5) is 22.1. The highest BCUT2D eigenvalue weighted by Gasteiger charge is 2.17. The Morgan fingerprint density at radius 2 is 1.94 bits per heavy atom. The molecule has 1 unspecified atom stereocenters. The number of rotatable bonds is 5. The molecule has 1 atom stereocenters. The van der Waals surface area contributed by atoms with Gasteiger partial charge in [0.25, 0.3) is 0 Å². The van der Waals surface area contributed by atoms with Crippen LogP contribution in [-0.2, 0) is 16.0 Å². The van der Waals surface area contributed by atoms with Crippen LogP contribution < -0.4 is 5.32 Å². The molecule has 1 amide bonds. The van der Waals surface area contributed by atoms with Gasteiger partial charge in [0, 0.05) is 5.75 Å². The third-order valence-electron chi connectivity index (χ3n) is 2.02. The van der Waals surface area contributed by atoms with Crippen molar-refractivity contribution in [1.29, 1.82) is 0 Å². The zero-order valence-corrected chi connectivity index (χ0v) is 9.48. The third-order valence-corrected chi connectivity index (χ3v) is 2.39. The number of aliphatic carboxylic acids is 1. The third kappa shape index (κ3) is 3.94. The van der Waals surface area contributed by atoms with E-state index in [1.807, 2.05) is 30.3 Å². The Balaban J connectivity index is 2.50. The Kier molecular flexibility index (Phi) is 4.85. The van der Waals surface area contributed by atoms with Gasteiger partial charge in [0.2, 0.25) is 5.91 Å². The summed E-state index contributed by atoms with van der Waals surface area (Å²) >= 11 is 3.86. The van der Waals surface area contributed by atoms with Crippen LogP contribution in [-0.4, -0.2) is 28.8 Å². The van der Waals surface area contributed by atoms with Crippen molar-refractivity contribution in [3.63, 3.8) is 0 Å². The van der Waals surface area contributed by atoms with E-state index >= 15 is 0 Å². The van der Waals surface area contributed by atoms with Crippen molar-refractivity contribution in [3.05, 3.63) is 35.9 Å². The highest BCUT2D eigenvalue weighted by Crippen LogP contribution is 2.00. The van der Waals surface area contributed by atoms with E-state index in [1.165, 1.54) is 0 Å². The van der Waals surface area contributed by atoms with Crippen molar-refractivity contribution in [3.8, 4) is 0 Å². The van der Waals surface area contributed by atoms with Crippen LogP contribution in [0.5, 0.6) is 0 Å². The lowest BCUT2D eigenvalue weighted by molar-refractivity contribution is -0.141. The minimum Gasteiger partial charge on any atom is -0.480 e. The van der Waals surface area contributed by atoms with Crippen molar-refractivity contribution in [2.75, 3.05) is 5.75 Å². The molecule has 0 aliphatic rings. The molecule has 0 heterocycles. The monoisotopic (exact) mass is 239 g/mol. The van der Waals surface area contributed by atoms with Crippen molar-refractivity contribution in [2.24, 2.45) is 0 Å². The molecule has 0 saturated carbocycles. The van der Waals surface area contributed by atoms with E-state index in [4.69, 9.17) is 5.11 Å². The van der Waals surface area contributed by atoms with Crippen LogP contribution in [0.15, 0.2) is 30.3 Å². The molecule has 0 aliphatic carbocycles. The first-order chi connectivity index (χ1) is 7.63. The van der Waals surface area contributed by atoms with Crippen LogP contribution in [0, 0.1) is 0 Å². The molecule has 16 heavy (non-hydrogen) atoms. The molecule has 0 spiro atoms. The largest absolute Gasteiger partial charge is 0.480 e. The summed E-state index contributed by atoms with van der Waals surface area (Å²) in [7, 11) is 0. The fourth-order valence-corrected chi connectivity index (χ4v) is 1.46. The number of thiol groups is 1. The summed E-state index contributed by atoms with van der Waals surface area (Å²) in [5.41, 5.74) is 0.850. The van der Waals surface area contributed by atoms with Gasteiger partial charge >= 0.3 is 5.97 Å². The zero-order chi connectivity index (χ0) is 12.0. The van der Waals surface area contributed by atoms with Crippen molar-refractivity contribution in [2.45, 2.75) is 12.5 Å². The second-order valence-electron chi connectivity index (χ2n) is 3.30. The second kappa shape index (κ2) is 6.17. The van der Waals surface area contributed by atoms with E-state index in [-0.39, 0.29) is 18.1 Å². The van der Waals surface area contributed by atoms with Crippen molar-refractivity contribution in [1.82, 2.24) is 5.32 Å². The fourth-order valence-electron chi connectivity index (χ4n) is 1.21. The first kappa shape index (κ1) is 12.6. The number of carboxylic acids is 1. The smallest absolute Gasteiger partial charge is 0.327 e. The molecular weight excluding hydrogens is 226 g/mol. The normalized spacial score (nSPS) is 11.8. The number of hydrogen-bond donors (Lipinski definition) is 3. The molecule has 0 aliphatic heterocycles. The molecule has 1 aromatic carbocycles. The van der Waals surface area contributed by atoms with Gasteiger partial charge in [-0.25, -0.2) is 4.79 Å². The maximum absolute atomic E-state index is 11.5. The van der Waals surface area contributed by atoms with Gasteiger partial charge in [0.15, 0.2) is 0 Å². The first-order valence-corrected chi connectivity index (χ1v) is 5.43. The summed E-state index contributed by atoms with van der Waals surface area (Å²) in [5, 5.41) is 11.1. The van der Waals surface area contributed by atoms with Crippen LogP contribution in [0.1, 0.15) is 5.56 Å². The van der Waals surface area contributed by atoms with Gasteiger partial charge in [0.1, 0.15) is 6.04 Å². The molecule has 1 aromatic rings. The Morgan fingerprint density at radius 1 is 1.31 bits per heavy atom. The molecule has 5 heteroatoms. The number of carboxylic acid groups (broad SMARTS) is 1. The molecule has 86 valence electrons. The van der Waals surface area contributed by atoms with E-state index < -0.39 is 12.0 Å². The van der Waals surface area contributed by atoms with Gasteiger partial charge in [-0.3, -0.25) is 4.79 Å². The van der Waals surface area contributed by atoms with Gasteiger partial charge in [-0.15, -0.1) is 0 Å². The van der Waals surface area contributed by atoms with Crippen LogP contribution in [0.4, 0.5) is 0 Å². The lowest BCUT2D eigenvalue weighted by atomic mass is 10.1. The zero-order valence-electron chi connectivity index (χ0n) is 8.59. The molecule has 1 rings (SSSR count). The van der Waals surface area contributed by atoms with Gasteiger partial charge in [0.05, 0.1) is 6.42 Å². The molecule has 0 aromatic heterocycles. The fraction of sp³-hybridized carbons (Fsp3) is 0.273. The van der Waals surface area contributed by atoms with Crippen molar-refractivity contribution >= 4 is 24.5 Å². The maximum atomic E-state index is 11.5. The number of carbonyl (C=O) groups is 2. The predicted octanol–water partition coefficient (Wildman–Crippen LogP) is 0.728. The minimum atomic E-state index is -1.07. The van der Waals surface area contributed by atoms with Crippen LogP contribution in [0.25, 0.3) is 0 Å². The summed E-state index contributed by atoms with van der Waals surface area (Å²) in [5.74, 6) is -1.31. The number of nitrogens with one attached hydrogen (secondary N) is 1. The molecule has 0 fully saturated rings. The molecule has 0 radical (unpaired) electrons. The quantitative estimate of drug-likeness (QED) is 0.664. The lowest BCUT2D eigenvalue weighted by Gasteiger charge is -2.11. The molecule has 0 bridgehead atoms. The average molecular weight is 239 g/mol. The van der Waals surface area contributed by atoms with E-state index in [0.29, 0.717) is 0 Å². The van der Waals surface area contributed by atoms with Crippen LogP contribution >= 0.6 is 12.6 Å². The standard InChI is InChI=1S/C11H13NO3S/c13-10(12-9(7-16)11(14)15)6-8-4-2-1-3-5-8/h1-5,9,16H,6-7H2,(H,12,13)(H,14,15). The number of carbonyl (C=O) groups excluding carboxylic acids is 1. The number of hydrogen-bond acceptors (Lipinski definition) is 3. The Labute approximate surface area is 99.1 Å². The van der Waals surface area contributed by atoms with E-state index in [9.17, 15) is 9.59 Å². The van der Waals surface area contributed by atoms with Gasteiger partial charge in [-0.05, 0) is 5.56 Å². The van der Waals surface area contributed by atoms with Gasteiger partial charge < -0.3 is 10.4 Å². The summed E-state index contributed by atoms with van der Waals surface area (Å²) in [6, 6.07) is 8.21. The molecule has 2 N–H and O–H groups in total. The summed E-state index contributed by atoms with van der Waals surface area (Å²) < 4.78 is 0. The van der Waals surface area contributed by atoms with Crippen molar-refractivity contribution < 1.29 is 14.7 Å². The highest BCUT2D eigenvalue weighted by molar-refractivity contribution is 7.80. The SMILES string of the molecule is O=C(Cc1ccccc1)NC(CS)C(=O)O. The average Bonchev–Trinajstić information content (AvgIpc) is 2.27. The topological polar surface area (TPSA) is 66.4 Å². The molecule has 0 saturated heterocycles. The van der Waals surface area contributed by atoms with Gasteiger partial charge in [-0.2, -0.15) is 12.6 Å². The Hall–Kier alpha value is -1.49. The van der Waals surface area contributed by atoms with E-state index in [2.05, 4.69) is 17.9 Å². The number of benzene rings is 1. The second-order valence-corrected chi connectivity index (χ2v) is 3.67. The van der Waals surface area contributed by atoms with Crippen LogP contribution in [0.2, 0.25) is 0 Å². The maximum Gasteiger partial charge on any atom is 0.327 e. The molecular formula is C11H13NO3S. The van der Waals surface area contributed by atoms with E-state index in [0.717, 1.165) is 5.56 Å². The number of amides is 1. The Bertz CT molecular complexity index is 367. The summed E-state index contributed by atoms with van der Waals surface area (Å²) in [6.45, 7) is 0. The van der Waals surface area contributed by atoms with Crippen LogP contribution in [0.3, 0.4) is 0 Å². The molecule has 4 nitrogen and oxygen atoms in total. The minimum absolute atomic E-state index is 0.0792. The predicted molar refractivity (Wildman–Crippen MR) is 63.6 cm³/mol. The van der Waals surface area contributed by atoms with E-state index in [1.54, 1.807) is 0 Å². The lowest BCUT2D eigenvalue weighted by Crippen LogP contribution is -2.42. The Morgan fingerprint density at radius 3 is 2.44 bits per heavy atom.